The van der Waals surface area contributed by atoms with Crippen LogP contribution in [0.5, 0.6) is 0 Å². The highest BCUT2D eigenvalue weighted by molar-refractivity contribution is 5.91. The Labute approximate surface area is 166 Å². The summed E-state index contributed by atoms with van der Waals surface area (Å²) in [5, 5.41) is 5.49. The maximum atomic E-state index is 12.3. The van der Waals surface area contributed by atoms with Crippen LogP contribution >= 0.6 is 0 Å². The summed E-state index contributed by atoms with van der Waals surface area (Å²) in [6.07, 6.45) is 1.11. The van der Waals surface area contributed by atoms with Crippen LogP contribution in [-0.4, -0.2) is 48.5 Å². The van der Waals surface area contributed by atoms with Crippen molar-refractivity contribution in [1.82, 2.24) is 15.5 Å². The molecule has 1 aromatic rings. The van der Waals surface area contributed by atoms with Gasteiger partial charge in [-0.1, -0.05) is 26.0 Å². The number of nitrogens with one attached hydrogen (secondary N) is 2. The molecule has 0 radical (unpaired) electrons. The Morgan fingerprint density at radius 2 is 1.71 bits per heavy atom. The minimum atomic E-state index is -0.525. The molecule has 1 heterocycles. The molecule has 1 aliphatic heterocycles. The number of nitrogens with zero attached hydrogens (tertiary/aromatic N) is 1. The third kappa shape index (κ3) is 6.87. The number of carbonyl (C=O) groups excluding carboxylic acids is 3. The standard InChI is InChI=1S/C21H31N3O4/c1-14(2)23-21(27)22-10-17-5-7-18(8-6-17)20(26)28-13-19(25)24-11-15(3)9-16(4)12-24/h5-8,14-16H,9-13H2,1-4H3,(H2,22,23,27)/t15-,16-/m0/s1. The van der Waals surface area contributed by atoms with Crippen molar-refractivity contribution < 1.29 is 19.1 Å². The molecule has 2 rings (SSSR count). The second-order valence-electron chi connectivity index (χ2n) is 8.00. The minimum absolute atomic E-state index is 0.0659. The summed E-state index contributed by atoms with van der Waals surface area (Å²) in [4.78, 5) is 37.9. The van der Waals surface area contributed by atoms with Gasteiger partial charge in [0.2, 0.25) is 0 Å². The van der Waals surface area contributed by atoms with Gasteiger partial charge in [0.05, 0.1) is 5.56 Å². The number of carbonyl (C=O) groups is 3. The largest absolute Gasteiger partial charge is 0.452 e. The number of hydrogen-bond donors (Lipinski definition) is 2. The third-order valence-electron chi connectivity index (χ3n) is 4.61. The van der Waals surface area contributed by atoms with E-state index in [0.717, 1.165) is 12.0 Å². The molecular weight excluding hydrogens is 358 g/mol. The summed E-state index contributed by atoms with van der Waals surface area (Å²) >= 11 is 0. The molecule has 28 heavy (non-hydrogen) atoms. The van der Waals surface area contributed by atoms with E-state index in [0.29, 0.717) is 37.0 Å². The van der Waals surface area contributed by atoms with Gasteiger partial charge in [-0.15, -0.1) is 0 Å². The van der Waals surface area contributed by atoms with Crippen molar-refractivity contribution >= 4 is 17.9 Å². The summed E-state index contributed by atoms with van der Waals surface area (Å²) in [5.74, 6) is 0.256. The third-order valence-corrected chi connectivity index (χ3v) is 4.61. The second-order valence-corrected chi connectivity index (χ2v) is 8.00. The van der Waals surface area contributed by atoms with Crippen molar-refractivity contribution in [3.05, 3.63) is 35.4 Å². The Morgan fingerprint density at radius 1 is 1.11 bits per heavy atom. The lowest BCUT2D eigenvalue weighted by Gasteiger charge is -2.34. The molecule has 0 unspecified atom stereocenters. The molecule has 2 N–H and O–H groups in total. The van der Waals surface area contributed by atoms with Gasteiger partial charge >= 0.3 is 12.0 Å². The van der Waals surface area contributed by atoms with E-state index in [2.05, 4.69) is 24.5 Å². The number of ether oxygens (including phenoxy) is 1. The van der Waals surface area contributed by atoms with Crippen LogP contribution in [0, 0.1) is 11.8 Å². The lowest BCUT2D eigenvalue weighted by Crippen LogP contribution is -2.44. The Balaban J connectivity index is 1.79. The zero-order valence-corrected chi connectivity index (χ0v) is 17.2. The van der Waals surface area contributed by atoms with Gasteiger partial charge in [-0.05, 0) is 49.8 Å². The van der Waals surface area contributed by atoms with Crippen LogP contribution in [0.25, 0.3) is 0 Å². The molecule has 2 atom stereocenters. The van der Waals surface area contributed by atoms with Crippen molar-refractivity contribution in [2.75, 3.05) is 19.7 Å². The molecule has 0 aliphatic carbocycles. The lowest BCUT2D eigenvalue weighted by atomic mass is 9.92. The first kappa shape index (κ1) is 21.7. The first-order chi connectivity index (χ1) is 13.2. The Bertz CT molecular complexity index is 677. The van der Waals surface area contributed by atoms with Crippen molar-refractivity contribution in [3.8, 4) is 0 Å². The van der Waals surface area contributed by atoms with Crippen LogP contribution < -0.4 is 10.6 Å². The summed E-state index contributed by atoms with van der Waals surface area (Å²) in [6, 6.07) is 6.60. The van der Waals surface area contributed by atoms with Crippen molar-refractivity contribution in [2.24, 2.45) is 11.8 Å². The van der Waals surface area contributed by atoms with Gasteiger partial charge in [0.25, 0.3) is 5.91 Å². The Kier molecular flexibility index (Phi) is 7.84. The van der Waals surface area contributed by atoms with E-state index >= 15 is 0 Å². The zero-order chi connectivity index (χ0) is 20.7. The van der Waals surface area contributed by atoms with Crippen molar-refractivity contribution in [3.63, 3.8) is 0 Å². The molecule has 1 saturated heterocycles. The second kappa shape index (κ2) is 10.1. The number of amides is 3. The van der Waals surface area contributed by atoms with Crippen LogP contribution in [0.2, 0.25) is 0 Å². The smallest absolute Gasteiger partial charge is 0.338 e. The van der Waals surface area contributed by atoms with E-state index in [4.69, 9.17) is 4.74 Å². The molecular formula is C21H31N3O4. The highest BCUT2D eigenvalue weighted by atomic mass is 16.5. The molecule has 3 amide bonds. The molecule has 1 aromatic carbocycles. The van der Waals surface area contributed by atoms with Crippen LogP contribution in [0.15, 0.2) is 24.3 Å². The van der Waals surface area contributed by atoms with Crippen LogP contribution in [-0.2, 0) is 16.1 Å². The molecule has 154 valence electrons. The maximum Gasteiger partial charge on any atom is 0.338 e. The van der Waals surface area contributed by atoms with E-state index in [-0.39, 0.29) is 24.6 Å². The molecule has 7 nitrogen and oxygen atoms in total. The average Bonchev–Trinajstić information content (AvgIpc) is 2.63. The topological polar surface area (TPSA) is 87.7 Å². The van der Waals surface area contributed by atoms with Crippen molar-refractivity contribution in [2.45, 2.75) is 46.7 Å². The summed E-state index contributed by atoms with van der Waals surface area (Å²) in [5.41, 5.74) is 1.24. The van der Waals surface area contributed by atoms with E-state index in [9.17, 15) is 14.4 Å². The molecule has 1 aliphatic rings. The summed E-state index contributed by atoms with van der Waals surface area (Å²) in [6.45, 7) is 9.58. The predicted molar refractivity (Wildman–Crippen MR) is 107 cm³/mol. The minimum Gasteiger partial charge on any atom is -0.452 e. The van der Waals surface area contributed by atoms with Gasteiger partial charge in [0.15, 0.2) is 6.61 Å². The molecule has 7 heteroatoms. The number of piperidine rings is 1. The number of likely N-dealkylation sites (tertiary alicyclic amines) is 1. The van der Waals surface area contributed by atoms with E-state index in [1.165, 1.54) is 0 Å². The predicted octanol–water partition coefficient (Wildman–Crippen LogP) is 2.56. The fraction of sp³-hybridized carbons (Fsp3) is 0.571. The summed E-state index contributed by atoms with van der Waals surface area (Å²) in [7, 11) is 0. The van der Waals surface area contributed by atoms with Crippen LogP contribution in [0.3, 0.4) is 0 Å². The molecule has 0 saturated carbocycles. The summed E-state index contributed by atoms with van der Waals surface area (Å²) < 4.78 is 5.19. The molecule has 0 bridgehead atoms. The SMILES string of the molecule is CC(C)NC(=O)NCc1ccc(C(=O)OCC(=O)N2C[C@@H](C)C[C@H](C)C2)cc1. The van der Waals surface area contributed by atoms with E-state index in [1.807, 2.05) is 13.8 Å². The fourth-order valence-electron chi connectivity index (χ4n) is 3.42. The van der Waals surface area contributed by atoms with E-state index < -0.39 is 5.97 Å². The maximum absolute atomic E-state index is 12.3. The monoisotopic (exact) mass is 389 g/mol. The van der Waals surface area contributed by atoms with Crippen LogP contribution in [0.4, 0.5) is 4.79 Å². The number of urea groups is 1. The first-order valence-corrected chi connectivity index (χ1v) is 9.82. The number of hydrogen-bond acceptors (Lipinski definition) is 4. The van der Waals surface area contributed by atoms with Gasteiger partial charge in [0.1, 0.15) is 0 Å². The van der Waals surface area contributed by atoms with Gasteiger partial charge in [0, 0.05) is 25.7 Å². The normalized spacial score (nSPS) is 19.2. The van der Waals surface area contributed by atoms with Gasteiger partial charge in [-0.2, -0.15) is 0 Å². The Hall–Kier alpha value is -2.57. The van der Waals surface area contributed by atoms with Gasteiger partial charge < -0.3 is 20.3 Å². The molecule has 0 spiro atoms. The quantitative estimate of drug-likeness (QED) is 0.732. The fourth-order valence-corrected chi connectivity index (χ4v) is 3.42. The van der Waals surface area contributed by atoms with Crippen LogP contribution in [0.1, 0.15) is 50.0 Å². The van der Waals surface area contributed by atoms with Crippen molar-refractivity contribution in [1.29, 1.82) is 0 Å². The molecule has 1 fully saturated rings. The van der Waals surface area contributed by atoms with Gasteiger partial charge in [-0.3, -0.25) is 4.79 Å². The molecule has 0 aromatic heterocycles. The number of esters is 1. The zero-order valence-electron chi connectivity index (χ0n) is 17.2. The van der Waals surface area contributed by atoms with Gasteiger partial charge in [-0.25, -0.2) is 9.59 Å². The van der Waals surface area contributed by atoms with E-state index in [1.54, 1.807) is 29.2 Å². The number of benzene rings is 1. The first-order valence-electron chi connectivity index (χ1n) is 9.82. The average molecular weight is 389 g/mol. The number of rotatable bonds is 6. The highest BCUT2D eigenvalue weighted by Crippen LogP contribution is 2.21. The Morgan fingerprint density at radius 3 is 2.29 bits per heavy atom. The lowest BCUT2D eigenvalue weighted by molar-refractivity contribution is -0.137. The highest BCUT2D eigenvalue weighted by Gasteiger charge is 2.26.